The van der Waals surface area contributed by atoms with Crippen molar-refractivity contribution in [3.63, 3.8) is 0 Å². The average Bonchev–Trinajstić information content (AvgIpc) is 3.01. The van der Waals surface area contributed by atoms with Gasteiger partial charge in [0.25, 0.3) is 0 Å². The van der Waals surface area contributed by atoms with Gasteiger partial charge in [-0.15, -0.1) is 0 Å². The molecule has 7 nitrogen and oxygen atoms in total. The molecule has 11 heteroatoms. The average molecular weight is 642 g/mol. The summed E-state index contributed by atoms with van der Waals surface area (Å²) in [6.07, 6.45) is 0. The van der Waals surface area contributed by atoms with Crippen molar-refractivity contribution < 1.29 is 17.6 Å². The molecule has 6 rings (SSSR count). The first kappa shape index (κ1) is 29.7. The van der Waals surface area contributed by atoms with Gasteiger partial charge in [-0.05, 0) is 60.3 Å². The molecule has 0 radical (unpaired) electrons. The minimum atomic E-state index is -3.92. The monoisotopic (exact) mass is 640 g/mol. The van der Waals surface area contributed by atoms with Gasteiger partial charge in [0.2, 0.25) is 15.9 Å². The zero-order valence-corrected chi connectivity index (χ0v) is 25.9. The van der Waals surface area contributed by atoms with Gasteiger partial charge in [-0.2, -0.15) is 4.31 Å². The van der Waals surface area contributed by atoms with Crippen LogP contribution in [-0.4, -0.2) is 75.4 Å². The molecule has 43 heavy (non-hydrogen) atoms. The van der Waals surface area contributed by atoms with Crippen LogP contribution in [0.2, 0.25) is 10.0 Å². The summed E-state index contributed by atoms with van der Waals surface area (Å²) >= 11 is 12.6. The molecule has 1 unspecified atom stereocenters. The van der Waals surface area contributed by atoms with E-state index in [2.05, 4.69) is 4.90 Å². The fourth-order valence-electron chi connectivity index (χ4n) is 6.08. The summed E-state index contributed by atoms with van der Waals surface area (Å²) in [6.45, 7) is 4.21. The van der Waals surface area contributed by atoms with Crippen molar-refractivity contribution in [1.82, 2.24) is 9.21 Å². The zero-order valence-electron chi connectivity index (χ0n) is 23.6. The maximum absolute atomic E-state index is 14.2. The molecular weight excluding hydrogens is 610 g/mol. The number of rotatable bonds is 5. The SMILES string of the molecule is Cc1cc(F)ccc1N1CCN(S(=O)(=O)c2cccc3ccccc23)CC1C(=O)N1CCN(c2cc(Cl)ccc2Cl)CC1. The Balaban J connectivity index is 1.29. The molecule has 0 N–H and O–H groups in total. The normalized spacial score (nSPS) is 18.3. The van der Waals surface area contributed by atoms with Crippen molar-refractivity contribution in [2.24, 2.45) is 0 Å². The van der Waals surface area contributed by atoms with Crippen molar-refractivity contribution in [3.8, 4) is 0 Å². The molecule has 224 valence electrons. The first-order chi connectivity index (χ1) is 20.6. The maximum Gasteiger partial charge on any atom is 0.246 e. The molecule has 0 spiro atoms. The molecule has 4 aromatic rings. The second-order valence-electron chi connectivity index (χ2n) is 10.9. The number of hydrogen-bond donors (Lipinski definition) is 0. The Bertz CT molecular complexity index is 1790. The molecule has 2 fully saturated rings. The fourth-order valence-corrected chi connectivity index (χ4v) is 8.14. The van der Waals surface area contributed by atoms with Gasteiger partial charge < -0.3 is 14.7 Å². The van der Waals surface area contributed by atoms with Gasteiger partial charge in [0.05, 0.1) is 15.6 Å². The lowest BCUT2D eigenvalue weighted by molar-refractivity contribution is -0.133. The van der Waals surface area contributed by atoms with Gasteiger partial charge in [0.1, 0.15) is 11.9 Å². The van der Waals surface area contributed by atoms with E-state index < -0.39 is 16.1 Å². The second-order valence-corrected chi connectivity index (χ2v) is 13.6. The Morgan fingerprint density at radius 2 is 1.58 bits per heavy atom. The number of aryl methyl sites for hydroxylation is 1. The van der Waals surface area contributed by atoms with Gasteiger partial charge in [0.15, 0.2) is 0 Å². The number of anilines is 2. The van der Waals surface area contributed by atoms with Gasteiger partial charge in [-0.1, -0.05) is 59.6 Å². The molecule has 0 bridgehead atoms. The lowest BCUT2D eigenvalue weighted by atomic mass is 10.1. The van der Waals surface area contributed by atoms with Crippen LogP contribution in [0.15, 0.2) is 83.8 Å². The predicted molar refractivity (Wildman–Crippen MR) is 170 cm³/mol. The second kappa shape index (κ2) is 12.0. The van der Waals surface area contributed by atoms with Crippen molar-refractivity contribution in [1.29, 1.82) is 0 Å². The Labute approximate surface area is 261 Å². The maximum atomic E-state index is 14.2. The van der Waals surface area contributed by atoms with Crippen molar-refractivity contribution in [2.45, 2.75) is 17.9 Å². The summed E-state index contributed by atoms with van der Waals surface area (Å²) in [4.78, 5) is 20.2. The smallest absolute Gasteiger partial charge is 0.246 e. The highest BCUT2D eigenvalue weighted by atomic mass is 35.5. The zero-order chi connectivity index (χ0) is 30.3. The number of sulfonamides is 1. The molecule has 0 saturated carbocycles. The van der Waals surface area contributed by atoms with Crippen LogP contribution in [0.25, 0.3) is 10.8 Å². The Hall–Kier alpha value is -3.37. The number of hydrogen-bond acceptors (Lipinski definition) is 5. The summed E-state index contributed by atoms with van der Waals surface area (Å²) in [6, 6.07) is 21.6. The number of carbonyl (C=O) groups excluding carboxylic acids is 1. The standard InChI is InChI=1S/C32H31Cl2FN4O3S/c1-22-19-25(35)10-12-28(22)39-18-17-38(43(41,42)31-8-4-6-23-5-2-3-7-26(23)31)21-30(39)32(40)37-15-13-36(14-16-37)29-20-24(33)9-11-27(29)34/h2-12,19-20,30H,13-18,21H2,1H3. The van der Waals surface area contributed by atoms with E-state index in [9.17, 15) is 17.6 Å². The minimum Gasteiger partial charge on any atom is -0.367 e. The number of piperazine rings is 2. The van der Waals surface area contributed by atoms with Gasteiger partial charge >= 0.3 is 0 Å². The van der Waals surface area contributed by atoms with Crippen LogP contribution < -0.4 is 9.80 Å². The third-order valence-electron chi connectivity index (χ3n) is 8.30. The van der Waals surface area contributed by atoms with Crippen LogP contribution in [0.3, 0.4) is 0 Å². The first-order valence-electron chi connectivity index (χ1n) is 14.1. The van der Waals surface area contributed by atoms with Crippen LogP contribution >= 0.6 is 23.2 Å². The van der Waals surface area contributed by atoms with E-state index in [1.54, 1.807) is 48.2 Å². The van der Waals surface area contributed by atoms with Gasteiger partial charge in [-0.25, -0.2) is 12.8 Å². The van der Waals surface area contributed by atoms with Gasteiger partial charge in [-0.3, -0.25) is 4.79 Å². The van der Waals surface area contributed by atoms with Crippen LogP contribution in [0, 0.1) is 12.7 Å². The highest BCUT2D eigenvalue weighted by molar-refractivity contribution is 7.89. The molecule has 2 heterocycles. The number of nitrogens with zero attached hydrogens (tertiary/aromatic N) is 4. The molecule has 1 amide bonds. The highest BCUT2D eigenvalue weighted by Crippen LogP contribution is 2.33. The van der Waals surface area contributed by atoms with Crippen LogP contribution in [0.5, 0.6) is 0 Å². The Morgan fingerprint density at radius 3 is 2.35 bits per heavy atom. The Kier molecular flexibility index (Phi) is 8.26. The lowest BCUT2D eigenvalue weighted by Crippen LogP contribution is -2.62. The molecule has 2 saturated heterocycles. The summed E-state index contributed by atoms with van der Waals surface area (Å²) < 4.78 is 43.6. The summed E-state index contributed by atoms with van der Waals surface area (Å²) in [7, 11) is -3.92. The van der Waals surface area contributed by atoms with E-state index in [1.807, 2.05) is 35.2 Å². The third-order valence-corrected chi connectivity index (χ3v) is 10.8. The van der Waals surface area contributed by atoms with E-state index >= 15 is 0 Å². The molecule has 0 aliphatic carbocycles. The number of halogens is 3. The molecule has 2 aliphatic heterocycles. The largest absolute Gasteiger partial charge is 0.367 e. The number of carbonyl (C=O) groups is 1. The van der Waals surface area contributed by atoms with E-state index in [-0.39, 0.29) is 36.3 Å². The molecule has 1 atom stereocenters. The van der Waals surface area contributed by atoms with Crippen LogP contribution in [-0.2, 0) is 14.8 Å². The Morgan fingerprint density at radius 1 is 0.837 bits per heavy atom. The quantitative estimate of drug-likeness (QED) is 0.275. The molecule has 4 aromatic carbocycles. The molecule has 2 aliphatic rings. The van der Waals surface area contributed by atoms with E-state index in [0.29, 0.717) is 52.9 Å². The number of amides is 1. The van der Waals surface area contributed by atoms with E-state index in [4.69, 9.17) is 23.2 Å². The topological polar surface area (TPSA) is 64.2 Å². The van der Waals surface area contributed by atoms with Crippen LogP contribution in [0.4, 0.5) is 15.8 Å². The highest BCUT2D eigenvalue weighted by Gasteiger charge is 2.41. The van der Waals surface area contributed by atoms with E-state index in [0.717, 1.165) is 11.1 Å². The third kappa shape index (κ3) is 5.79. The summed E-state index contributed by atoms with van der Waals surface area (Å²) in [5.41, 5.74) is 2.21. The number of benzene rings is 4. The first-order valence-corrected chi connectivity index (χ1v) is 16.3. The summed E-state index contributed by atoms with van der Waals surface area (Å²) in [5, 5.41) is 2.64. The van der Waals surface area contributed by atoms with Crippen molar-refractivity contribution >= 4 is 61.3 Å². The fraction of sp³-hybridized carbons (Fsp3) is 0.281. The number of fused-ring (bicyclic) bond motifs is 1. The van der Waals surface area contributed by atoms with Gasteiger partial charge in [0, 0.05) is 61.9 Å². The molecular formula is C32H31Cl2FN4O3S. The van der Waals surface area contributed by atoms with E-state index in [1.165, 1.54) is 16.4 Å². The molecule has 0 aromatic heterocycles. The van der Waals surface area contributed by atoms with Crippen molar-refractivity contribution in [2.75, 3.05) is 55.6 Å². The van der Waals surface area contributed by atoms with Crippen molar-refractivity contribution in [3.05, 3.63) is 100 Å². The predicted octanol–water partition coefficient (Wildman–Crippen LogP) is 5.82. The lowest BCUT2D eigenvalue weighted by Gasteiger charge is -2.45. The minimum absolute atomic E-state index is 0.0263. The summed E-state index contributed by atoms with van der Waals surface area (Å²) in [5.74, 6) is -0.532. The van der Waals surface area contributed by atoms with Crippen LogP contribution in [0.1, 0.15) is 5.56 Å².